The molecule has 3 nitrogen and oxygen atoms in total. The van der Waals surface area contributed by atoms with Crippen molar-refractivity contribution in [3.63, 3.8) is 0 Å². The van der Waals surface area contributed by atoms with Gasteiger partial charge in [0.15, 0.2) is 9.84 Å². The monoisotopic (exact) mass is 269 g/mol. The maximum absolute atomic E-state index is 11.8. The van der Waals surface area contributed by atoms with Gasteiger partial charge in [-0.15, -0.1) is 0 Å². The molecule has 0 spiro atoms. The van der Waals surface area contributed by atoms with Crippen LogP contribution in [0, 0.1) is 17.2 Å². The zero-order chi connectivity index (χ0) is 12.6. The van der Waals surface area contributed by atoms with Gasteiger partial charge in [-0.3, -0.25) is 0 Å². The predicted octanol–water partition coefficient (Wildman–Crippen LogP) is 2.38. The van der Waals surface area contributed by atoms with Crippen molar-refractivity contribution in [1.29, 1.82) is 5.26 Å². The molecule has 0 saturated heterocycles. The molecule has 0 heterocycles. The van der Waals surface area contributed by atoms with E-state index in [-0.39, 0.29) is 11.7 Å². The van der Waals surface area contributed by atoms with E-state index in [0.717, 1.165) is 5.56 Å². The highest BCUT2D eigenvalue weighted by Crippen LogP contribution is 2.52. The Labute approximate surface area is 106 Å². The van der Waals surface area contributed by atoms with Gasteiger partial charge in [0.1, 0.15) is 0 Å². The molecule has 0 radical (unpaired) electrons. The third kappa shape index (κ3) is 2.18. The Morgan fingerprint density at radius 2 is 1.94 bits per heavy atom. The lowest BCUT2D eigenvalue weighted by atomic mass is 10.1. The largest absolute Gasteiger partial charge is 0.228 e. The number of rotatable bonds is 3. The number of nitriles is 1. The minimum absolute atomic E-state index is 0.0833. The first-order chi connectivity index (χ1) is 8.01. The fraction of sp³-hybridized carbons (Fsp3) is 0.417. The van der Waals surface area contributed by atoms with Gasteiger partial charge in [0.05, 0.1) is 17.2 Å². The quantitative estimate of drug-likeness (QED) is 0.846. The highest BCUT2D eigenvalue weighted by Gasteiger charge is 2.58. The zero-order valence-electron chi connectivity index (χ0n) is 9.30. The van der Waals surface area contributed by atoms with E-state index in [1.54, 1.807) is 31.2 Å². The second kappa shape index (κ2) is 4.32. The summed E-state index contributed by atoms with van der Waals surface area (Å²) in [5, 5.41) is 9.05. The molecule has 17 heavy (non-hydrogen) atoms. The maximum atomic E-state index is 11.8. The van der Waals surface area contributed by atoms with E-state index in [2.05, 4.69) is 6.07 Å². The van der Waals surface area contributed by atoms with Crippen molar-refractivity contribution in [2.45, 2.75) is 18.1 Å². The fourth-order valence-corrected chi connectivity index (χ4v) is 4.03. The number of nitrogens with zero attached hydrogens (tertiary/aromatic N) is 1. The lowest BCUT2D eigenvalue weighted by molar-refractivity contribution is 0.594. The number of halogens is 1. The van der Waals surface area contributed by atoms with Crippen molar-refractivity contribution in [3.8, 4) is 6.07 Å². The Morgan fingerprint density at radius 1 is 1.35 bits per heavy atom. The first kappa shape index (κ1) is 12.4. The van der Waals surface area contributed by atoms with Crippen LogP contribution in [0.2, 0.25) is 5.02 Å². The first-order valence-electron chi connectivity index (χ1n) is 5.38. The van der Waals surface area contributed by atoms with E-state index < -0.39 is 21.0 Å². The summed E-state index contributed by atoms with van der Waals surface area (Å²) >= 11 is 5.78. The molecule has 1 aliphatic carbocycles. The van der Waals surface area contributed by atoms with Crippen LogP contribution in [0.4, 0.5) is 0 Å². The van der Waals surface area contributed by atoms with Gasteiger partial charge in [0, 0.05) is 16.7 Å². The van der Waals surface area contributed by atoms with Crippen LogP contribution in [-0.4, -0.2) is 19.4 Å². The van der Waals surface area contributed by atoms with Gasteiger partial charge in [-0.25, -0.2) is 8.42 Å². The summed E-state index contributed by atoms with van der Waals surface area (Å²) in [5.41, 5.74) is 0.878. The summed E-state index contributed by atoms with van der Waals surface area (Å²) < 4.78 is 23.6. The van der Waals surface area contributed by atoms with Crippen molar-refractivity contribution in [3.05, 3.63) is 34.9 Å². The Morgan fingerprint density at radius 3 is 2.41 bits per heavy atom. The van der Waals surface area contributed by atoms with Crippen molar-refractivity contribution in [2.24, 2.45) is 5.92 Å². The normalized spacial score (nSPS) is 27.5. The molecule has 1 aromatic rings. The SMILES string of the molecule is CCS(=O)(=O)[C@H]1[C@H](C#N)[C@@H]1c1ccc(Cl)cc1. The standard InChI is InChI=1S/C12H12ClNO2S/c1-2-17(15,16)12-10(7-14)11(12)8-3-5-9(13)6-4-8/h3-6,10-12H,2H2,1H3/t10-,11+,12+/m1/s1. The summed E-state index contributed by atoms with van der Waals surface area (Å²) in [6, 6.07) is 9.11. The predicted molar refractivity (Wildman–Crippen MR) is 66.5 cm³/mol. The lowest BCUT2D eigenvalue weighted by Crippen LogP contribution is -2.12. The molecular weight excluding hydrogens is 258 g/mol. The van der Waals surface area contributed by atoms with E-state index in [1.807, 2.05) is 0 Å². The first-order valence-corrected chi connectivity index (χ1v) is 7.47. The molecule has 2 rings (SSSR count). The second-order valence-electron chi connectivity index (χ2n) is 4.15. The van der Waals surface area contributed by atoms with Gasteiger partial charge in [-0.05, 0) is 17.7 Å². The third-order valence-corrected chi connectivity index (χ3v) is 5.65. The average Bonchev–Trinajstić information content (AvgIpc) is 3.05. The molecule has 1 aromatic carbocycles. The smallest absolute Gasteiger partial charge is 0.154 e. The van der Waals surface area contributed by atoms with E-state index in [4.69, 9.17) is 16.9 Å². The van der Waals surface area contributed by atoms with E-state index in [9.17, 15) is 8.42 Å². The molecular formula is C12H12ClNO2S. The molecule has 0 unspecified atom stereocenters. The van der Waals surface area contributed by atoms with Crippen molar-refractivity contribution >= 4 is 21.4 Å². The van der Waals surface area contributed by atoms with E-state index in [1.165, 1.54) is 0 Å². The van der Waals surface area contributed by atoms with Crippen LogP contribution in [0.25, 0.3) is 0 Å². The van der Waals surface area contributed by atoms with Gasteiger partial charge in [-0.2, -0.15) is 5.26 Å². The van der Waals surface area contributed by atoms with Gasteiger partial charge < -0.3 is 0 Å². The number of hydrogen-bond acceptors (Lipinski definition) is 3. The second-order valence-corrected chi connectivity index (χ2v) is 7.03. The van der Waals surface area contributed by atoms with E-state index in [0.29, 0.717) is 5.02 Å². The zero-order valence-corrected chi connectivity index (χ0v) is 10.9. The van der Waals surface area contributed by atoms with Crippen LogP contribution in [0.15, 0.2) is 24.3 Å². The van der Waals surface area contributed by atoms with Crippen LogP contribution < -0.4 is 0 Å². The van der Waals surface area contributed by atoms with Crippen LogP contribution >= 0.6 is 11.6 Å². The Kier molecular flexibility index (Phi) is 3.15. The average molecular weight is 270 g/mol. The number of benzene rings is 1. The highest BCUT2D eigenvalue weighted by molar-refractivity contribution is 7.92. The van der Waals surface area contributed by atoms with Crippen LogP contribution in [-0.2, 0) is 9.84 Å². The fourth-order valence-electron chi connectivity index (χ4n) is 2.16. The maximum Gasteiger partial charge on any atom is 0.154 e. The minimum Gasteiger partial charge on any atom is -0.228 e. The minimum atomic E-state index is -3.15. The Hall–Kier alpha value is -1.05. The molecule has 5 heteroatoms. The molecule has 1 fully saturated rings. The molecule has 3 atom stereocenters. The van der Waals surface area contributed by atoms with Crippen LogP contribution in [0.3, 0.4) is 0 Å². The molecule has 0 amide bonds. The van der Waals surface area contributed by atoms with Crippen molar-refractivity contribution < 1.29 is 8.42 Å². The molecule has 0 bridgehead atoms. The van der Waals surface area contributed by atoms with Gasteiger partial charge in [0.25, 0.3) is 0 Å². The summed E-state index contributed by atoms with van der Waals surface area (Å²) in [6.07, 6.45) is 0. The lowest BCUT2D eigenvalue weighted by Gasteiger charge is -2.00. The van der Waals surface area contributed by atoms with Crippen LogP contribution in [0.5, 0.6) is 0 Å². The molecule has 1 saturated carbocycles. The third-order valence-electron chi connectivity index (χ3n) is 3.17. The highest BCUT2D eigenvalue weighted by atomic mass is 35.5. The molecule has 1 aliphatic rings. The number of sulfone groups is 1. The molecule has 0 aromatic heterocycles. The van der Waals surface area contributed by atoms with Crippen LogP contribution in [0.1, 0.15) is 18.4 Å². The Balaban J connectivity index is 2.30. The van der Waals surface area contributed by atoms with Crippen molar-refractivity contribution in [2.75, 3.05) is 5.75 Å². The summed E-state index contributed by atoms with van der Waals surface area (Å²) in [6.45, 7) is 1.61. The molecule has 0 N–H and O–H groups in total. The molecule has 90 valence electrons. The summed E-state index contributed by atoms with van der Waals surface area (Å²) in [5.74, 6) is -0.525. The van der Waals surface area contributed by atoms with Crippen molar-refractivity contribution in [1.82, 2.24) is 0 Å². The van der Waals surface area contributed by atoms with Gasteiger partial charge in [0.2, 0.25) is 0 Å². The number of hydrogen-bond donors (Lipinski definition) is 0. The summed E-state index contributed by atoms with van der Waals surface area (Å²) in [4.78, 5) is 0. The van der Waals surface area contributed by atoms with Gasteiger partial charge >= 0.3 is 0 Å². The summed E-state index contributed by atoms with van der Waals surface area (Å²) in [7, 11) is -3.15. The van der Waals surface area contributed by atoms with E-state index >= 15 is 0 Å². The molecule has 0 aliphatic heterocycles. The van der Waals surface area contributed by atoms with Gasteiger partial charge in [-0.1, -0.05) is 30.7 Å². The Bertz CT molecular complexity index is 559. The topological polar surface area (TPSA) is 57.9 Å².